The predicted molar refractivity (Wildman–Crippen MR) is 132 cm³/mol. The van der Waals surface area contributed by atoms with Crippen LogP contribution in [0.2, 0.25) is 10.0 Å². The smallest absolute Gasteiger partial charge is 0.249 e. The van der Waals surface area contributed by atoms with Crippen molar-refractivity contribution in [3.63, 3.8) is 0 Å². The van der Waals surface area contributed by atoms with Gasteiger partial charge < -0.3 is 4.52 Å². The number of nitrogens with zero attached hydrogens (tertiary/aromatic N) is 3. The summed E-state index contributed by atoms with van der Waals surface area (Å²) in [5.41, 5.74) is 1.07. The van der Waals surface area contributed by atoms with E-state index >= 15 is 0 Å². The Kier molecular flexibility index (Phi) is 6.65. The van der Waals surface area contributed by atoms with E-state index < -0.39 is 27.1 Å². The minimum atomic E-state index is -3.36. The highest BCUT2D eigenvalue weighted by atomic mass is 35.5. The maximum Gasteiger partial charge on any atom is 0.249 e. The van der Waals surface area contributed by atoms with Gasteiger partial charge in [0.25, 0.3) is 0 Å². The molecule has 196 valence electrons. The van der Waals surface area contributed by atoms with E-state index in [1.165, 1.54) is 18.3 Å². The summed E-state index contributed by atoms with van der Waals surface area (Å²) in [5, 5.41) is 4.78. The Labute approximate surface area is 222 Å². The number of hydrogen-bond donors (Lipinski definition) is 0. The molecular formula is C25H23Cl2F2N3O4S. The Bertz CT molecular complexity index is 1440. The number of alkyl halides is 2. The second-order valence-electron chi connectivity index (χ2n) is 9.71. The molecule has 0 radical (unpaired) electrons. The van der Waals surface area contributed by atoms with Gasteiger partial charge in [0.15, 0.2) is 15.7 Å². The van der Waals surface area contributed by atoms with Gasteiger partial charge in [-0.2, -0.15) is 4.98 Å². The van der Waals surface area contributed by atoms with Crippen molar-refractivity contribution in [1.29, 1.82) is 0 Å². The van der Waals surface area contributed by atoms with Crippen molar-refractivity contribution in [2.24, 2.45) is 0 Å². The molecule has 5 rings (SSSR count). The SMILES string of the molecule is CCS(=O)(=O)c1ccc(CC(=O)Cc2cc(Cl)c(C3(c4noc(C5CC(F)(F)C5)n4)CC3)c(Cl)c2)nc1. The molecule has 1 aromatic carbocycles. The van der Waals surface area contributed by atoms with Gasteiger partial charge in [0.05, 0.1) is 16.1 Å². The average Bonchev–Trinajstić information content (AvgIpc) is 3.44. The van der Waals surface area contributed by atoms with Crippen LogP contribution in [-0.2, 0) is 32.9 Å². The maximum atomic E-state index is 13.2. The second-order valence-corrected chi connectivity index (χ2v) is 12.8. The lowest BCUT2D eigenvalue weighted by molar-refractivity contribution is -0.117. The van der Waals surface area contributed by atoms with E-state index in [0.29, 0.717) is 45.5 Å². The summed E-state index contributed by atoms with van der Waals surface area (Å²) in [6, 6.07) is 6.34. The zero-order valence-corrected chi connectivity index (χ0v) is 22.1. The van der Waals surface area contributed by atoms with Crippen LogP contribution in [0.15, 0.2) is 39.9 Å². The summed E-state index contributed by atoms with van der Waals surface area (Å²) in [6.07, 6.45) is 2.11. The summed E-state index contributed by atoms with van der Waals surface area (Å²) >= 11 is 13.2. The van der Waals surface area contributed by atoms with Gasteiger partial charge in [-0.05, 0) is 42.7 Å². The van der Waals surface area contributed by atoms with Crippen LogP contribution in [0.4, 0.5) is 8.78 Å². The summed E-state index contributed by atoms with van der Waals surface area (Å²) in [5.74, 6) is -2.72. The lowest BCUT2D eigenvalue weighted by atomic mass is 9.81. The van der Waals surface area contributed by atoms with Crippen molar-refractivity contribution in [3.05, 3.63) is 69.0 Å². The van der Waals surface area contributed by atoms with Gasteiger partial charge in [-0.3, -0.25) is 9.78 Å². The number of carbonyl (C=O) groups excluding carboxylic acids is 1. The Morgan fingerprint density at radius 1 is 1.14 bits per heavy atom. The molecular weight excluding hydrogens is 547 g/mol. The lowest BCUT2D eigenvalue weighted by Crippen LogP contribution is -2.33. The number of sulfone groups is 1. The van der Waals surface area contributed by atoms with Crippen LogP contribution in [0.5, 0.6) is 0 Å². The maximum absolute atomic E-state index is 13.2. The molecule has 2 heterocycles. The first-order chi connectivity index (χ1) is 17.4. The largest absolute Gasteiger partial charge is 0.339 e. The molecule has 0 amide bonds. The minimum Gasteiger partial charge on any atom is -0.339 e. The fraction of sp³-hybridized carbons (Fsp3) is 0.440. The van der Waals surface area contributed by atoms with Crippen molar-refractivity contribution in [2.75, 3.05) is 5.75 Å². The predicted octanol–water partition coefficient (Wildman–Crippen LogP) is 5.51. The van der Waals surface area contributed by atoms with Crippen molar-refractivity contribution in [1.82, 2.24) is 15.1 Å². The Hall–Kier alpha value is -2.43. The molecule has 2 aromatic heterocycles. The van der Waals surface area contributed by atoms with E-state index in [2.05, 4.69) is 15.1 Å². The van der Waals surface area contributed by atoms with Crippen LogP contribution in [-0.4, -0.2) is 41.0 Å². The van der Waals surface area contributed by atoms with Crippen molar-refractivity contribution < 1.29 is 26.5 Å². The molecule has 37 heavy (non-hydrogen) atoms. The fourth-order valence-corrected chi connectivity index (χ4v) is 6.40. The van der Waals surface area contributed by atoms with Gasteiger partial charge in [-0.1, -0.05) is 35.3 Å². The van der Waals surface area contributed by atoms with Gasteiger partial charge >= 0.3 is 0 Å². The molecule has 2 aliphatic carbocycles. The number of aromatic nitrogens is 3. The minimum absolute atomic E-state index is 0.0270. The molecule has 0 aliphatic heterocycles. The topological polar surface area (TPSA) is 103 Å². The first kappa shape index (κ1) is 26.2. The quantitative estimate of drug-likeness (QED) is 0.334. The van der Waals surface area contributed by atoms with Crippen LogP contribution >= 0.6 is 23.2 Å². The molecule has 2 aliphatic rings. The number of rotatable bonds is 9. The van der Waals surface area contributed by atoms with Crippen LogP contribution in [0.3, 0.4) is 0 Å². The first-order valence-corrected chi connectivity index (χ1v) is 14.2. The monoisotopic (exact) mass is 569 g/mol. The summed E-state index contributed by atoms with van der Waals surface area (Å²) < 4.78 is 55.6. The number of pyridine rings is 1. The van der Waals surface area contributed by atoms with E-state index in [1.807, 2.05) is 0 Å². The van der Waals surface area contributed by atoms with Crippen LogP contribution in [0, 0.1) is 0 Å². The van der Waals surface area contributed by atoms with Crippen LogP contribution in [0.25, 0.3) is 0 Å². The van der Waals surface area contributed by atoms with E-state index in [0.717, 1.165) is 0 Å². The normalized spacial score (nSPS) is 18.4. The molecule has 7 nitrogen and oxygen atoms in total. The standard InChI is InChI=1S/C25H23Cl2F2N3O4S/c1-2-37(34,35)18-4-3-16(30-13-18)10-17(33)7-14-8-19(26)21(20(27)9-14)24(5-6-24)23-31-22(36-32-23)15-11-25(28,29)12-15/h3-4,8-9,13,15H,2,5-7,10-12H2,1H3. The number of hydrogen-bond acceptors (Lipinski definition) is 7. The third-order valence-electron chi connectivity index (χ3n) is 6.96. The van der Waals surface area contributed by atoms with Crippen molar-refractivity contribution in [2.45, 2.75) is 67.6 Å². The highest BCUT2D eigenvalue weighted by Crippen LogP contribution is 2.57. The molecule has 2 fully saturated rings. The average molecular weight is 570 g/mol. The summed E-state index contributed by atoms with van der Waals surface area (Å²) in [6.45, 7) is 1.55. The van der Waals surface area contributed by atoms with Crippen LogP contribution < -0.4 is 0 Å². The van der Waals surface area contributed by atoms with Gasteiger partial charge in [0, 0.05) is 59.1 Å². The van der Waals surface area contributed by atoms with Gasteiger partial charge in [0.2, 0.25) is 11.8 Å². The van der Waals surface area contributed by atoms with Gasteiger partial charge in [0.1, 0.15) is 5.78 Å². The molecule has 0 N–H and O–H groups in total. The van der Waals surface area contributed by atoms with E-state index in [-0.39, 0.29) is 48.0 Å². The third-order valence-corrected chi connectivity index (χ3v) is 9.27. The third kappa shape index (κ3) is 5.15. The van der Waals surface area contributed by atoms with E-state index in [1.54, 1.807) is 19.1 Å². The highest BCUT2D eigenvalue weighted by Gasteiger charge is 2.54. The van der Waals surface area contributed by atoms with Crippen molar-refractivity contribution in [3.8, 4) is 0 Å². The van der Waals surface area contributed by atoms with Crippen LogP contribution in [0.1, 0.15) is 67.1 Å². The summed E-state index contributed by atoms with van der Waals surface area (Å²) in [7, 11) is -3.36. The molecule has 0 atom stereocenters. The number of carbonyl (C=O) groups is 1. The molecule has 2 saturated carbocycles. The molecule has 0 unspecified atom stereocenters. The van der Waals surface area contributed by atoms with Crippen molar-refractivity contribution >= 4 is 38.8 Å². The second kappa shape index (κ2) is 9.39. The molecule has 0 bridgehead atoms. The zero-order chi connectivity index (χ0) is 26.6. The van der Waals surface area contributed by atoms with E-state index in [4.69, 9.17) is 27.7 Å². The van der Waals surface area contributed by atoms with Gasteiger partial charge in [-0.15, -0.1) is 0 Å². The van der Waals surface area contributed by atoms with E-state index in [9.17, 15) is 22.0 Å². The van der Waals surface area contributed by atoms with Gasteiger partial charge in [-0.25, -0.2) is 17.2 Å². The number of ketones is 1. The number of Topliss-reactive ketones (excluding diaryl/α,β-unsaturated/α-hetero) is 1. The number of benzene rings is 1. The molecule has 0 spiro atoms. The summed E-state index contributed by atoms with van der Waals surface area (Å²) in [4.78, 5) is 21.3. The fourth-order valence-electron chi connectivity index (χ4n) is 4.68. The first-order valence-electron chi connectivity index (χ1n) is 11.8. The Morgan fingerprint density at radius 3 is 2.35 bits per heavy atom. The molecule has 12 heteroatoms. The number of halogens is 4. The lowest BCUT2D eigenvalue weighted by Gasteiger charge is -2.32. The molecule has 0 saturated heterocycles. The highest BCUT2D eigenvalue weighted by molar-refractivity contribution is 7.91. The zero-order valence-electron chi connectivity index (χ0n) is 19.8. The molecule has 3 aromatic rings. The Morgan fingerprint density at radius 2 is 1.81 bits per heavy atom. The Balaban J connectivity index is 1.29.